The van der Waals surface area contributed by atoms with E-state index in [0.29, 0.717) is 0 Å². The summed E-state index contributed by atoms with van der Waals surface area (Å²) in [4.78, 5) is 0. The molecule has 1 atom stereocenters. The van der Waals surface area contributed by atoms with Gasteiger partial charge >= 0.3 is 0 Å². The molecule has 1 aromatic heterocycles. The Morgan fingerprint density at radius 3 is 2.19 bits per heavy atom. The van der Waals surface area contributed by atoms with Crippen molar-refractivity contribution < 1.29 is 9.13 Å². The normalized spacial score (nSPS) is 12.4. The number of rotatable bonds is 6. The molecule has 0 spiro atoms. The van der Waals surface area contributed by atoms with Crippen LogP contribution in [0.25, 0.3) is 11.4 Å². The van der Waals surface area contributed by atoms with E-state index < -0.39 is 0 Å². The molecular weight excluding hydrogens is 349 g/mol. The molecule has 136 valence electrons. The van der Waals surface area contributed by atoms with E-state index in [1.54, 1.807) is 18.9 Å². The maximum Gasteiger partial charge on any atom is 0.192 e. The van der Waals surface area contributed by atoms with E-state index in [2.05, 4.69) is 35.5 Å². The van der Waals surface area contributed by atoms with Crippen LogP contribution in [-0.4, -0.2) is 21.9 Å². The van der Waals surface area contributed by atoms with Gasteiger partial charge in [-0.05, 0) is 62.7 Å². The molecule has 2 aromatic carbocycles. The highest BCUT2D eigenvalue weighted by Gasteiger charge is 2.19. The van der Waals surface area contributed by atoms with Gasteiger partial charge in [0.25, 0.3) is 0 Å². The minimum atomic E-state index is -0.224. The molecule has 3 rings (SSSR count). The van der Waals surface area contributed by atoms with Crippen molar-refractivity contribution in [3.05, 3.63) is 59.9 Å². The molecule has 0 saturated carbocycles. The van der Waals surface area contributed by atoms with Crippen molar-refractivity contribution in [1.82, 2.24) is 14.8 Å². The number of hydrogen-bond donors (Lipinski definition) is 0. The summed E-state index contributed by atoms with van der Waals surface area (Å²) in [5.74, 6) is 1.42. The second-order valence-corrected chi connectivity index (χ2v) is 7.62. The number of methoxy groups -OCH3 is 1. The summed E-state index contributed by atoms with van der Waals surface area (Å²) in [5.41, 5.74) is 2.05. The third-order valence-corrected chi connectivity index (χ3v) is 5.27. The first-order valence-electron chi connectivity index (χ1n) is 8.51. The van der Waals surface area contributed by atoms with Gasteiger partial charge in [0.2, 0.25) is 0 Å². The molecule has 26 heavy (non-hydrogen) atoms. The summed E-state index contributed by atoms with van der Waals surface area (Å²) in [6.45, 7) is 6.32. The zero-order valence-corrected chi connectivity index (χ0v) is 16.1. The predicted molar refractivity (Wildman–Crippen MR) is 103 cm³/mol. The fourth-order valence-electron chi connectivity index (χ4n) is 2.72. The number of halogens is 1. The van der Waals surface area contributed by atoms with Crippen molar-refractivity contribution in [1.29, 1.82) is 0 Å². The highest BCUT2D eigenvalue weighted by Crippen LogP contribution is 2.37. The second kappa shape index (κ2) is 7.91. The van der Waals surface area contributed by atoms with Gasteiger partial charge in [0, 0.05) is 16.9 Å². The van der Waals surface area contributed by atoms with E-state index in [1.165, 1.54) is 12.1 Å². The third kappa shape index (κ3) is 3.90. The second-order valence-electron chi connectivity index (χ2n) is 6.31. The highest BCUT2D eigenvalue weighted by molar-refractivity contribution is 7.99. The monoisotopic (exact) mass is 371 g/mol. The van der Waals surface area contributed by atoms with Crippen LogP contribution in [0.4, 0.5) is 4.39 Å². The number of nitrogens with zero attached hydrogens (tertiary/aromatic N) is 3. The fourth-order valence-corrected chi connectivity index (χ4v) is 3.83. The van der Waals surface area contributed by atoms with Crippen molar-refractivity contribution in [2.45, 2.75) is 37.2 Å². The van der Waals surface area contributed by atoms with E-state index in [-0.39, 0.29) is 17.1 Å². The minimum absolute atomic E-state index is 0.140. The average Bonchev–Trinajstić information content (AvgIpc) is 3.06. The average molecular weight is 371 g/mol. The van der Waals surface area contributed by atoms with Crippen molar-refractivity contribution in [2.24, 2.45) is 0 Å². The van der Waals surface area contributed by atoms with E-state index in [9.17, 15) is 4.39 Å². The number of ether oxygens (including phenoxy) is 1. The van der Waals surface area contributed by atoms with Crippen LogP contribution in [0, 0.1) is 5.82 Å². The van der Waals surface area contributed by atoms with Gasteiger partial charge in [-0.3, -0.25) is 4.57 Å². The Balaban J connectivity index is 1.90. The summed E-state index contributed by atoms with van der Waals surface area (Å²) in [7, 11) is 1.65. The molecule has 1 heterocycles. The molecule has 0 radical (unpaired) electrons. The number of thioether (sulfide) groups is 1. The number of hydrogen-bond acceptors (Lipinski definition) is 4. The van der Waals surface area contributed by atoms with Gasteiger partial charge in [0.1, 0.15) is 11.6 Å². The Morgan fingerprint density at radius 1 is 0.962 bits per heavy atom. The molecule has 0 N–H and O–H groups in total. The Bertz CT molecular complexity index is 860. The quantitative estimate of drug-likeness (QED) is 0.534. The van der Waals surface area contributed by atoms with Gasteiger partial charge in [0.15, 0.2) is 11.0 Å². The van der Waals surface area contributed by atoms with Gasteiger partial charge in [-0.15, -0.1) is 10.2 Å². The molecule has 0 saturated heterocycles. The van der Waals surface area contributed by atoms with Crippen LogP contribution in [-0.2, 0) is 0 Å². The van der Waals surface area contributed by atoms with Crippen molar-refractivity contribution in [2.75, 3.05) is 7.11 Å². The Morgan fingerprint density at radius 2 is 1.62 bits per heavy atom. The van der Waals surface area contributed by atoms with Gasteiger partial charge in [-0.25, -0.2) is 4.39 Å². The molecular formula is C20H22FN3OS. The van der Waals surface area contributed by atoms with Crippen LogP contribution in [0.3, 0.4) is 0 Å². The summed E-state index contributed by atoms with van der Waals surface area (Å²) < 4.78 is 20.5. The summed E-state index contributed by atoms with van der Waals surface area (Å²) in [6.07, 6.45) is 0. The largest absolute Gasteiger partial charge is 0.497 e. The van der Waals surface area contributed by atoms with Crippen LogP contribution in [0.15, 0.2) is 53.7 Å². The lowest BCUT2D eigenvalue weighted by molar-refractivity contribution is 0.415. The molecule has 0 unspecified atom stereocenters. The van der Waals surface area contributed by atoms with Crippen molar-refractivity contribution >= 4 is 11.8 Å². The lowest BCUT2D eigenvalue weighted by Gasteiger charge is -2.16. The van der Waals surface area contributed by atoms with Crippen molar-refractivity contribution in [3.63, 3.8) is 0 Å². The van der Waals surface area contributed by atoms with Gasteiger partial charge in [-0.2, -0.15) is 0 Å². The predicted octanol–water partition coefficient (Wildman–Crippen LogP) is 5.53. The molecule has 0 aliphatic carbocycles. The third-order valence-electron chi connectivity index (χ3n) is 4.15. The number of benzene rings is 2. The first-order chi connectivity index (χ1) is 12.5. The zero-order valence-electron chi connectivity index (χ0n) is 15.3. The lowest BCUT2D eigenvalue weighted by atomic mass is 10.2. The first kappa shape index (κ1) is 18.5. The molecule has 3 aromatic rings. The smallest absolute Gasteiger partial charge is 0.192 e. The van der Waals surface area contributed by atoms with Crippen LogP contribution in [0.1, 0.15) is 37.6 Å². The van der Waals surface area contributed by atoms with E-state index in [4.69, 9.17) is 4.74 Å². The molecule has 0 aliphatic heterocycles. The lowest BCUT2D eigenvalue weighted by Crippen LogP contribution is -2.05. The maximum absolute atomic E-state index is 13.1. The molecule has 0 amide bonds. The molecule has 4 nitrogen and oxygen atoms in total. The van der Waals surface area contributed by atoms with Crippen LogP contribution < -0.4 is 4.74 Å². The SMILES string of the molecule is COc1ccc(-c2nnc(S[C@@H](C)c3ccc(F)cc3)n2C(C)C)cc1. The Hall–Kier alpha value is -2.34. The van der Waals surface area contributed by atoms with Crippen molar-refractivity contribution in [3.8, 4) is 17.1 Å². The molecule has 6 heteroatoms. The van der Waals surface area contributed by atoms with Crippen LogP contribution >= 0.6 is 11.8 Å². The highest BCUT2D eigenvalue weighted by atomic mass is 32.2. The summed E-state index contributed by atoms with van der Waals surface area (Å²) >= 11 is 1.62. The van der Waals surface area contributed by atoms with E-state index >= 15 is 0 Å². The Labute approximate surface area is 157 Å². The van der Waals surface area contributed by atoms with Gasteiger partial charge in [0.05, 0.1) is 7.11 Å². The van der Waals surface area contributed by atoms with Crippen LogP contribution in [0.5, 0.6) is 5.75 Å². The fraction of sp³-hybridized carbons (Fsp3) is 0.300. The summed E-state index contributed by atoms with van der Waals surface area (Å²) in [5, 5.41) is 9.81. The maximum atomic E-state index is 13.1. The van der Waals surface area contributed by atoms with Gasteiger partial charge in [-0.1, -0.05) is 23.9 Å². The Kier molecular flexibility index (Phi) is 5.61. The first-order valence-corrected chi connectivity index (χ1v) is 9.39. The molecule has 0 fully saturated rings. The number of aromatic nitrogens is 3. The molecule has 0 bridgehead atoms. The van der Waals surface area contributed by atoms with E-state index in [0.717, 1.165) is 27.9 Å². The van der Waals surface area contributed by atoms with E-state index in [1.807, 2.05) is 36.4 Å². The standard InChI is InChI=1S/C20H22FN3OS/c1-13(2)24-19(16-7-11-18(25-4)12-8-16)22-23-20(24)26-14(3)15-5-9-17(21)10-6-15/h5-14H,1-4H3/t14-/m0/s1. The zero-order chi connectivity index (χ0) is 18.7. The van der Waals surface area contributed by atoms with Gasteiger partial charge < -0.3 is 4.74 Å². The van der Waals surface area contributed by atoms with Crippen LogP contribution in [0.2, 0.25) is 0 Å². The molecule has 0 aliphatic rings. The topological polar surface area (TPSA) is 39.9 Å². The summed E-state index contributed by atoms with van der Waals surface area (Å²) in [6, 6.07) is 14.6. The minimum Gasteiger partial charge on any atom is -0.497 e.